The number of rotatable bonds is 5. The van der Waals surface area contributed by atoms with Gasteiger partial charge in [-0.25, -0.2) is 4.39 Å². The van der Waals surface area contributed by atoms with Gasteiger partial charge in [0.05, 0.1) is 17.5 Å². The van der Waals surface area contributed by atoms with Gasteiger partial charge in [0.2, 0.25) is 5.91 Å². The van der Waals surface area contributed by atoms with Crippen LogP contribution in [0.15, 0.2) is 66.3 Å². The van der Waals surface area contributed by atoms with E-state index in [2.05, 4.69) is 26.1 Å². The summed E-state index contributed by atoms with van der Waals surface area (Å²) in [5, 5.41) is 3.11. The molecule has 4 rings (SSSR count). The Hall–Kier alpha value is -3.74. The number of nitrogens with zero attached hydrogens (tertiary/aromatic N) is 2. The molecule has 3 atom stereocenters. The molecule has 0 radical (unpaired) electrons. The third-order valence-corrected chi connectivity index (χ3v) is 7.94. The van der Waals surface area contributed by atoms with Crippen LogP contribution in [0.2, 0.25) is 0 Å². The zero-order valence-electron chi connectivity index (χ0n) is 24.3. The summed E-state index contributed by atoms with van der Waals surface area (Å²) in [6, 6.07) is 12.0. The molecule has 3 amide bonds. The molecule has 1 N–H and O–H groups in total. The molecule has 1 fully saturated rings. The highest BCUT2D eigenvalue weighted by molar-refractivity contribution is 5.98. The molecule has 2 unspecified atom stereocenters. The predicted octanol–water partition coefficient (Wildman–Crippen LogP) is 5.88. The summed E-state index contributed by atoms with van der Waals surface area (Å²) in [6.07, 6.45) is 7.32. The second-order valence-electron chi connectivity index (χ2n) is 12.1. The molecular formula is C33H40FN3O3. The Labute approximate surface area is 236 Å². The number of nitrogens with one attached hydrogen (secondary N) is 1. The molecule has 212 valence electrons. The summed E-state index contributed by atoms with van der Waals surface area (Å²) < 4.78 is 14.9. The van der Waals surface area contributed by atoms with Gasteiger partial charge in [-0.15, -0.1) is 0 Å². The average Bonchev–Trinajstić information content (AvgIpc) is 2.91. The van der Waals surface area contributed by atoms with E-state index in [9.17, 15) is 18.8 Å². The fraction of sp³-hybridized carbons (Fsp3) is 0.424. The Balaban J connectivity index is 1.68. The van der Waals surface area contributed by atoms with E-state index in [4.69, 9.17) is 0 Å². The van der Waals surface area contributed by atoms with Gasteiger partial charge in [-0.3, -0.25) is 14.4 Å². The fourth-order valence-corrected chi connectivity index (χ4v) is 5.72. The third-order valence-electron chi connectivity index (χ3n) is 7.94. The number of halogens is 1. The van der Waals surface area contributed by atoms with Crippen LogP contribution in [0.5, 0.6) is 0 Å². The van der Waals surface area contributed by atoms with Crippen LogP contribution in [0.4, 0.5) is 10.1 Å². The van der Waals surface area contributed by atoms with E-state index in [-0.39, 0.29) is 28.7 Å². The molecule has 1 aliphatic carbocycles. The highest BCUT2D eigenvalue weighted by Crippen LogP contribution is 2.36. The van der Waals surface area contributed by atoms with Crippen LogP contribution < -0.4 is 5.32 Å². The lowest BCUT2D eigenvalue weighted by atomic mass is 9.77. The minimum atomic E-state index is -0.563. The van der Waals surface area contributed by atoms with Crippen molar-refractivity contribution in [2.24, 2.45) is 11.8 Å². The molecule has 2 aromatic rings. The molecule has 1 aliphatic heterocycles. The van der Waals surface area contributed by atoms with Gasteiger partial charge < -0.3 is 15.1 Å². The summed E-state index contributed by atoms with van der Waals surface area (Å²) in [7, 11) is 3.41. The van der Waals surface area contributed by atoms with Gasteiger partial charge in [0, 0.05) is 37.8 Å². The molecule has 40 heavy (non-hydrogen) atoms. The molecule has 6 nitrogen and oxygen atoms in total. The highest BCUT2D eigenvalue weighted by atomic mass is 19.1. The predicted molar refractivity (Wildman–Crippen MR) is 156 cm³/mol. The lowest BCUT2D eigenvalue weighted by Crippen LogP contribution is -2.55. The van der Waals surface area contributed by atoms with E-state index in [1.165, 1.54) is 11.0 Å². The SMILES string of the molecule is Cc1cccc(F)c1C(=O)N1CCCC(C(=O)Nc2cccc(C(C)(C)C)c2)[C@@H]1C1C=CC(C(=O)N(C)C)=CC1. The molecule has 7 heteroatoms. The van der Waals surface area contributed by atoms with E-state index < -0.39 is 23.7 Å². The van der Waals surface area contributed by atoms with Crippen LogP contribution >= 0.6 is 0 Å². The van der Waals surface area contributed by atoms with Crippen molar-refractivity contribution in [3.05, 3.63) is 88.8 Å². The number of hydrogen-bond acceptors (Lipinski definition) is 3. The summed E-state index contributed by atoms with van der Waals surface area (Å²) in [5.74, 6) is -1.93. The van der Waals surface area contributed by atoms with Gasteiger partial charge in [-0.1, -0.05) is 63.3 Å². The maximum Gasteiger partial charge on any atom is 0.257 e. The number of benzene rings is 2. The summed E-state index contributed by atoms with van der Waals surface area (Å²) >= 11 is 0. The van der Waals surface area contributed by atoms with Crippen molar-refractivity contribution in [2.45, 2.75) is 58.4 Å². The molecule has 2 aliphatic rings. The maximum absolute atomic E-state index is 14.9. The second kappa shape index (κ2) is 11.8. The van der Waals surface area contributed by atoms with Crippen molar-refractivity contribution in [1.82, 2.24) is 9.80 Å². The number of aryl methyl sites for hydroxylation is 1. The number of allylic oxidation sites excluding steroid dienone is 1. The highest BCUT2D eigenvalue weighted by Gasteiger charge is 2.43. The molecule has 0 aromatic heterocycles. The topological polar surface area (TPSA) is 69.7 Å². The lowest BCUT2D eigenvalue weighted by molar-refractivity contribution is -0.125. The van der Waals surface area contributed by atoms with Crippen LogP contribution in [-0.2, 0) is 15.0 Å². The molecule has 2 aromatic carbocycles. The van der Waals surface area contributed by atoms with Gasteiger partial charge in [-0.2, -0.15) is 0 Å². The Morgan fingerprint density at radius 3 is 2.42 bits per heavy atom. The van der Waals surface area contributed by atoms with Gasteiger partial charge in [0.1, 0.15) is 5.82 Å². The number of likely N-dealkylation sites (N-methyl/N-ethyl adjacent to an activating group) is 1. The van der Waals surface area contributed by atoms with Gasteiger partial charge in [0.25, 0.3) is 11.8 Å². The summed E-state index contributed by atoms with van der Waals surface area (Å²) in [5.41, 5.74) is 2.94. The van der Waals surface area contributed by atoms with Crippen molar-refractivity contribution in [1.29, 1.82) is 0 Å². The van der Waals surface area contributed by atoms with Crippen molar-refractivity contribution < 1.29 is 18.8 Å². The first-order chi connectivity index (χ1) is 18.9. The Morgan fingerprint density at radius 1 is 1.07 bits per heavy atom. The largest absolute Gasteiger partial charge is 0.345 e. The van der Waals surface area contributed by atoms with Crippen molar-refractivity contribution in [2.75, 3.05) is 26.0 Å². The minimum Gasteiger partial charge on any atom is -0.345 e. The molecule has 0 spiro atoms. The van der Waals surface area contributed by atoms with Crippen molar-refractivity contribution in [3.8, 4) is 0 Å². The van der Waals surface area contributed by atoms with E-state index in [0.717, 1.165) is 5.56 Å². The van der Waals surface area contributed by atoms with Crippen molar-refractivity contribution in [3.63, 3.8) is 0 Å². The van der Waals surface area contributed by atoms with E-state index in [1.54, 1.807) is 44.1 Å². The second-order valence-corrected chi connectivity index (χ2v) is 12.1. The van der Waals surface area contributed by atoms with Gasteiger partial charge in [0.15, 0.2) is 0 Å². The molecule has 1 heterocycles. The van der Waals surface area contributed by atoms with Crippen LogP contribution in [0, 0.1) is 24.6 Å². The van der Waals surface area contributed by atoms with Crippen LogP contribution in [0.1, 0.15) is 61.5 Å². The number of piperidine rings is 1. The normalized spacial score (nSPS) is 21.0. The van der Waals surface area contributed by atoms with Crippen LogP contribution in [-0.4, -0.2) is 54.2 Å². The fourth-order valence-electron chi connectivity index (χ4n) is 5.72. The number of amides is 3. The quantitative estimate of drug-likeness (QED) is 0.510. The Kier molecular flexibility index (Phi) is 8.62. The van der Waals surface area contributed by atoms with E-state index >= 15 is 0 Å². The monoisotopic (exact) mass is 545 g/mol. The third kappa shape index (κ3) is 6.19. The van der Waals surface area contributed by atoms with Crippen molar-refractivity contribution >= 4 is 23.4 Å². The maximum atomic E-state index is 14.9. The number of hydrogen-bond donors (Lipinski definition) is 1. The minimum absolute atomic E-state index is 0.0465. The number of carbonyl (C=O) groups is 3. The first kappa shape index (κ1) is 29.2. The van der Waals surface area contributed by atoms with E-state index in [0.29, 0.717) is 42.6 Å². The Bertz CT molecular complexity index is 1330. The molecule has 0 saturated carbocycles. The average molecular weight is 546 g/mol. The summed E-state index contributed by atoms with van der Waals surface area (Å²) in [6.45, 7) is 8.52. The molecule has 0 bridgehead atoms. The van der Waals surface area contributed by atoms with Gasteiger partial charge >= 0.3 is 0 Å². The number of likely N-dealkylation sites (tertiary alicyclic amines) is 1. The zero-order valence-corrected chi connectivity index (χ0v) is 24.3. The van der Waals surface area contributed by atoms with Gasteiger partial charge in [-0.05, 0) is 60.9 Å². The zero-order chi connectivity index (χ0) is 29.2. The lowest BCUT2D eigenvalue weighted by Gasteiger charge is -2.44. The van der Waals surface area contributed by atoms with Crippen LogP contribution in [0.25, 0.3) is 0 Å². The smallest absolute Gasteiger partial charge is 0.257 e. The molecule has 1 saturated heterocycles. The number of carbonyl (C=O) groups excluding carboxylic acids is 3. The standard InChI is InChI=1S/C33H40FN3O3/c1-21-10-7-14-27(34)28(21)32(40)37-19-9-13-26(29(37)22-15-17-23(18-16-22)31(39)36(5)6)30(38)35-25-12-8-11-24(20-25)33(2,3)4/h7-8,10-12,14-15,17-18,20,22,26,29H,9,13,16,19H2,1-6H3,(H,35,38)/t22?,26?,29-/m0/s1. The first-order valence-corrected chi connectivity index (χ1v) is 14.0. The molecular weight excluding hydrogens is 505 g/mol. The number of anilines is 1. The van der Waals surface area contributed by atoms with E-state index in [1.807, 2.05) is 36.4 Å². The van der Waals surface area contributed by atoms with Crippen LogP contribution in [0.3, 0.4) is 0 Å². The first-order valence-electron chi connectivity index (χ1n) is 14.0. The summed E-state index contributed by atoms with van der Waals surface area (Å²) in [4.78, 5) is 43.5. The Morgan fingerprint density at radius 2 is 1.80 bits per heavy atom.